The molecule has 0 unspecified atom stereocenters. The first-order chi connectivity index (χ1) is 13.4. The lowest BCUT2D eigenvalue weighted by molar-refractivity contribution is 0.0956. The molecule has 0 aliphatic carbocycles. The van der Waals surface area contributed by atoms with E-state index in [1.54, 1.807) is 19.1 Å². The summed E-state index contributed by atoms with van der Waals surface area (Å²) >= 11 is 0. The van der Waals surface area contributed by atoms with E-state index in [0.717, 1.165) is 12.2 Å². The molecule has 28 heavy (non-hydrogen) atoms. The number of hydrogen-bond donors (Lipinski definition) is 1. The largest absolute Gasteiger partial charge is 0.492 e. The Morgan fingerprint density at radius 3 is 2.61 bits per heavy atom. The van der Waals surface area contributed by atoms with Crippen LogP contribution in [0.5, 0.6) is 5.75 Å². The van der Waals surface area contributed by atoms with Gasteiger partial charge in [0, 0.05) is 30.7 Å². The zero-order valence-corrected chi connectivity index (χ0v) is 16.7. The summed E-state index contributed by atoms with van der Waals surface area (Å²) in [5.74, 6) is -0.737. The van der Waals surface area contributed by atoms with Crippen molar-refractivity contribution in [2.75, 3.05) is 25.1 Å². The Hall–Kier alpha value is -3.00. The van der Waals surface area contributed by atoms with Gasteiger partial charge in [-0.2, -0.15) is 0 Å². The van der Waals surface area contributed by atoms with Crippen LogP contribution in [0.3, 0.4) is 0 Å². The van der Waals surface area contributed by atoms with Gasteiger partial charge in [0.05, 0.1) is 6.61 Å². The van der Waals surface area contributed by atoms with E-state index in [1.165, 1.54) is 18.2 Å². The predicted octanol–water partition coefficient (Wildman–Crippen LogP) is 3.41. The molecule has 148 valence electrons. The van der Waals surface area contributed by atoms with Crippen LogP contribution in [0.4, 0.5) is 5.69 Å². The minimum atomic E-state index is -4.12. The number of ether oxygens (including phenoxy) is 1. The molecule has 7 nitrogen and oxygen atoms in total. The average Bonchev–Trinajstić information content (AvgIpc) is 3.11. The van der Waals surface area contributed by atoms with Crippen molar-refractivity contribution in [2.24, 2.45) is 0 Å². The van der Waals surface area contributed by atoms with Gasteiger partial charge in [-0.15, -0.1) is 0 Å². The number of benzene rings is 2. The number of nitrogens with one attached hydrogen (secondary N) is 1. The van der Waals surface area contributed by atoms with Crippen molar-refractivity contribution in [1.82, 2.24) is 4.72 Å². The molecule has 3 rings (SSSR count). The minimum Gasteiger partial charge on any atom is -0.492 e. The van der Waals surface area contributed by atoms with Gasteiger partial charge in [-0.25, -0.2) is 13.1 Å². The number of para-hydroxylation sites is 1. The molecule has 2 aromatic carbocycles. The molecule has 1 heterocycles. The molecule has 3 aromatic rings. The Morgan fingerprint density at radius 1 is 1.14 bits per heavy atom. The third kappa shape index (κ3) is 3.96. The van der Waals surface area contributed by atoms with Crippen molar-refractivity contribution in [2.45, 2.75) is 18.7 Å². The molecule has 0 aliphatic heterocycles. The highest BCUT2D eigenvalue weighted by Gasteiger charge is 2.24. The number of carbonyl (C=O) groups is 1. The van der Waals surface area contributed by atoms with Gasteiger partial charge in [-0.1, -0.05) is 12.1 Å². The summed E-state index contributed by atoms with van der Waals surface area (Å²) in [5, 5.41) is 0.713. The zero-order chi connectivity index (χ0) is 20.3. The van der Waals surface area contributed by atoms with Crippen molar-refractivity contribution >= 4 is 32.6 Å². The van der Waals surface area contributed by atoms with Crippen molar-refractivity contribution in [3.8, 4) is 5.75 Å². The number of amides is 1. The number of carbonyl (C=O) groups excluding carboxylic acids is 1. The van der Waals surface area contributed by atoms with Gasteiger partial charge in [0.25, 0.3) is 10.0 Å². The average molecular weight is 402 g/mol. The second kappa shape index (κ2) is 7.93. The second-order valence-corrected chi connectivity index (χ2v) is 7.81. The number of nitrogens with zero attached hydrogens (tertiary/aromatic N) is 1. The summed E-state index contributed by atoms with van der Waals surface area (Å²) < 4.78 is 38.3. The maximum Gasteiger partial charge on any atom is 0.300 e. The van der Waals surface area contributed by atoms with E-state index >= 15 is 0 Å². The van der Waals surface area contributed by atoms with Crippen LogP contribution in [0.2, 0.25) is 0 Å². The van der Waals surface area contributed by atoms with E-state index in [4.69, 9.17) is 9.15 Å². The standard InChI is InChI=1S/C20H22N2O5S/c1-4-22(3)15-11-10-14-12-18(27-17(14)13-15)20(23)21-28(24,25)19-9-7-6-8-16(19)26-5-2/h6-13H,4-5H2,1-3H3,(H,21,23). The topological polar surface area (TPSA) is 88.8 Å². The monoisotopic (exact) mass is 402 g/mol. The van der Waals surface area contributed by atoms with Crippen LogP contribution in [-0.2, 0) is 10.0 Å². The Morgan fingerprint density at radius 2 is 1.89 bits per heavy atom. The number of sulfonamides is 1. The van der Waals surface area contributed by atoms with Crippen LogP contribution in [0, 0.1) is 0 Å². The SMILES string of the molecule is CCOc1ccccc1S(=O)(=O)NC(=O)c1cc2ccc(N(C)CC)cc2o1. The van der Waals surface area contributed by atoms with Gasteiger partial charge >= 0.3 is 5.91 Å². The number of fused-ring (bicyclic) bond motifs is 1. The lowest BCUT2D eigenvalue weighted by Crippen LogP contribution is -2.30. The highest BCUT2D eigenvalue weighted by atomic mass is 32.2. The van der Waals surface area contributed by atoms with Gasteiger partial charge in [-0.05, 0) is 44.2 Å². The molecule has 1 aromatic heterocycles. The minimum absolute atomic E-state index is 0.0798. The summed E-state index contributed by atoms with van der Waals surface area (Å²) in [5.41, 5.74) is 1.45. The Bertz CT molecular complexity index is 1100. The fourth-order valence-electron chi connectivity index (χ4n) is 2.73. The number of hydrogen-bond acceptors (Lipinski definition) is 6. The molecule has 0 aliphatic rings. The van der Waals surface area contributed by atoms with E-state index < -0.39 is 15.9 Å². The highest BCUT2D eigenvalue weighted by Crippen LogP contribution is 2.26. The smallest absolute Gasteiger partial charge is 0.300 e. The number of furan rings is 1. The van der Waals surface area contributed by atoms with Crippen LogP contribution in [-0.4, -0.2) is 34.5 Å². The first kappa shape index (κ1) is 19.8. The van der Waals surface area contributed by atoms with Gasteiger partial charge in [-0.3, -0.25) is 4.79 Å². The lowest BCUT2D eigenvalue weighted by atomic mass is 10.2. The molecule has 0 radical (unpaired) electrons. The fourth-order valence-corrected chi connectivity index (χ4v) is 3.83. The molecular formula is C20H22N2O5S. The Kier molecular flexibility index (Phi) is 5.60. The molecule has 0 bridgehead atoms. The summed E-state index contributed by atoms with van der Waals surface area (Å²) in [4.78, 5) is 14.4. The molecule has 1 N–H and O–H groups in total. The summed E-state index contributed by atoms with van der Waals surface area (Å²) in [6, 6.07) is 13.2. The van der Waals surface area contributed by atoms with Crippen molar-refractivity contribution in [1.29, 1.82) is 0 Å². The summed E-state index contributed by atoms with van der Waals surface area (Å²) in [6.07, 6.45) is 0. The molecule has 0 saturated carbocycles. The number of anilines is 1. The normalized spacial score (nSPS) is 11.4. The van der Waals surface area contributed by atoms with Gasteiger partial charge in [0.15, 0.2) is 5.76 Å². The number of rotatable bonds is 7. The first-order valence-corrected chi connectivity index (χ1v) is 10.4. The van der Waals surface area contributed by atoms with Gasteiger partial charge in [0.2, 0.25) is 0 Å². The van der Waals surface area contributed by atoms with Crippen molar-refractivity contribution in [3.63, 3.8) is 0 Å². The molecule has 0 spiro atoms. The van der Waals surface area contributed by atoms with E-state index in [1.807, 2.05) is 41.8 Å². The van der Waals surface area contributed by atoms with Crippen LogP contribution in [0.15, 0.2) is 57.8 Å². The van der Waals surface area contributed by atoms with Crippen molar-refractivity contribution < 1.29 is 22.4 Å². The third-order valence-electron chi connectivity index (χ3n) is 4.31. The fraction of sp³-hybridized carbons (Fsp3) is 0.250. The van der Waals surface area contributed by atoms with E-state index in [-0.39, 0.29) is 16.4 Å². The predicted molar refractivity (Wildman–Crippen MR) is 107 cm³/mol. The maximum absolute atomic E-state index is 12.6. The van der Waals surface area contributed by atoms with Gasteiger partial charge < -0.3 is 14.1 Å². The Balaban J connectivity index is 1.88. The molecule has 0 fully saturated rings. The van der Waals surface area contributed by atoms with Gasteiger partial charge in [0.1, 0.15) is 16.2 Å². The molecular weight excluding hydrogens is 380 g/mol. The quantitative estimate of drug-likeness (QED) is 0.652. The maximum atomic E-state index is 12.6. The van der Waals surface area contributed by atoms with Crippen LogP contribution in [0.1, 0.15) is 24.4 Å². The molecule has 1 amide bonds. The molecule has 8 heteroatoms. The molecule has 0 atom stereocenters. The zero-order valence-electron chi connectivity index (χ0n) is 15.9. The summed E-state index contributed by atoms with van der Waals surface area (Å²) in [7, 11) is -2.17. The van der Waals surface area contributed by atoms with E-state index in [0.29, 0.717) is 17.6 Å². The van der Waals surface area contributed by atoms with Crippen molar-refractivity contribution in [3.05, 3.63) is 54.3 Å². The van der Waals surface area contributed by atoms with Crippen LogP contribution in [0.25, 0.3) is 11.0 Å². The second-order valence-electron chi connectivity index (χ2n) is 6.16. The van der Waals surface area contributed by atoms with E-state index in [9.17, 15) is 13.2 Å². The van der Waals surface area contributed by atoms with E-state index in [2.05, 4.69) is 0 Å². The Labute approximate surface area is 163 Å². The third-order valence-corrected chi connectivity index (χ3v) is 5.68. The summed E-state index contributed by atoms with van der Waals surface area (Å²) in [6.45, 7) is 4.90. The van der Waals surface area contributed by atoms with Crippen LogP contribution < -0.4 is 14.4 Å². The molecule has 0 saturated heterocycles. The van der Waals surface area contributed by atoms with Crippen LogP contribution >= 0.6 is 0 Å². The highest BCUT2D eigenvalue weighted by molar-refractivity contribution is 7.90. The first-order valence-electron chi connectivity index (χ1n) is 8.89. The lowest BCUT2D eigenvalue weighted by Gasteiger charge is -2.16.